The van der Waals surface area contributed by atoms with Crippen molar-refractivity contribution in [2.75, 3.05) is 6.61 Å². The van der Waals surface area contributed by atoms with Gasteiger partial charge in [0.2, 0.25) is 0 Å². The summed E-state index contributed by atoms with van der Waals surface area (Å²) in [6.45, 7) is -0.152. The van der Waals surface area contributed by atoms with Gasteiger partial charge in [0, 0.05) is 0 Å². The summed E-state index contributed by atoms with van der Waals surface area (Å²) in [5, 5.41) is 0. The second-order valence-electron chi connectivity index (χ2n) is 9.46. The lowest BCUT2D eigenvalue weighted by atomic mass is 9.80. The summed E-state index contributed by atoms with van der Waals surface area (Å²) in [5.74, 6) is -1.88. The molecule has 1 amide bonds. The molecular weight excluding hydrogens is 499 g/mol. The van der Waals surface area contributed by atoms with Gasteiger partial charge >= 0.3 is 12.1 Å². The number of hydrogen-bond acceptors (Lipinski definition) is 2. The molecule has 198 valence electrons. The zero-order valence-corrected chi connectivity index (χ0v) is 21.2. The molecule has 1 heterocycles. The van der Waals surface area contributed by atoms with Crippen LogP contribution in [0, 0.1) is 0 Å². The fraction of sp³-hybridized carbons (Fsp3) is 0.182. The highest BCUT2D eigenvalue weighted by Crippen LogP contribution is 2.42. The minimum atomic E-state index is -5.02. The molecule has 0 saturated carbocycles. The first kappa shape index (κ1) is 26.4. The van der Waals surface area contributed by atoms with Crippen LogP contribution in [0.2, 0.25) is 0 Å². The Morgan fingerprint density at radius 2 is 1.15 bits per heavy atom. The van der Waals surface area contributed by atoms with Crippen LogP contribution in [0.25, 0.3) is 0 Å². The van der Waals surface area contributed by atoms with Crippen molar-refractivity contribution in [3.05, 3.63) is 156 Å². The van der Waals surface area contributed by atoms with Crippen molar-refractivity contribution in [1.29, 1.82) is 0 Å². The lowest BCUT2D eigenvalue weighted by Gasteiger charge is -2.42. The molecule has 1 aliphatic rings. The summed E-state index contributed by atoms with van der Waals surface area (Å²) in [7, 11) is 0. The predicted octanol–water partition coefficient (Wildman–Crippen LogP) is 7.46. The standard InChI is InChI=1S/C33H28F3NO2/c34-33(35,36)31(38)37-29(22-13-23-30(37)25-14-5-1-6-15-25)24-39-32(26-16-7-2-8-17-26,27-18-9-3-10-19-27)28-20-11-4-12-21-28/h1-22,29-30H,23-24H2. The van der Waals surface area contributed by atoms with Crippen LogP contribution in [-0.4, -0.2) is 29.6 Å². The van der Waals surface area contributed by atoms with Gasteiger partial charge in [0.05, 0.1) is 18.7 Å². The lowest BCUT2D eigenvalue weighted by molar-refractivity contribution is -0.192. The molecule has 2 atom stereocenters. The Morgan fingerprint density at radius 3 is 1.59 bits per heavy atom. The number of ether oxygens (including phenoxy) is 1. The molecule has 0 spiro atoms. The van der Waals surface area contributed by atoms with Crippen LogP contribution in [-0.2, 0) is 15.1 Å². The molecular formula is C33H28F3NO2. The smallest absolute Gasteiger partial charge is 0.358 e. The molecule has 3 nitrogen and oxygen atoms in total. The van der Waals surface area contributed by atoms with Crippen molar-refractivity contribution in [3.8, 4) is 0 Å². The Balaban J connectivity index is 1.60. The number of benzene rings is 4. The number of amides is 1. The average molecular weight is 528 g/mol. The molecule has 39 heavy (non-hydrogen) atoms. The van der Waals surface area contributed by atoms with Crippen molar-refractivity contribution in [1.82, 2.24) is 4.90 Å². The maximum absolute atomic E-state index is 13.9. The molecule has 0 N–H and O–H groups in total. The molecule has 0 bridgehead atoms. The molecule has 0 saturated heterocycles. The van der Waals surface area contributed by atoms with Crippen molar-refractivity contribution >= 4 is 5.91 Å². The molecule has 6 heteroatoms. The number of carbonyl (C=O) groups is 1. The van der Waals surface area contributed by atoms with Gasteiger partial charge in [-0.2, -0.15) is 13.2 Å². The van der Waals surface area contributed by atoms with Gasteiger partial charge in [-0.05, 0) is 28.7 Å². The molecule has 0 fully saturated rings. The second-order valence-corrected chi connectivity index (χ2v) is 9.46. The number of nitrogens with zero attached hydrogens (tertiary/aromatic N) is 1. The van der Waals surface area contributed by atoms with Crippen LogP contribution in [0.15, 0.2) is 133 Å². The highest BCUT2D eigenvalue weighted by Gasteiger charge is 2.48. The summed E-state index contributed by atoms with van der Waals surface area (Å²) in [6, 6.07) is 36.0. The van der Waals surface area contributed by atoms with Gasteiger partial charge in [-0.15, -0.1) is 0 Å². The minimum Gasteiger partial charge on any atom is -0.358 e. The normalized spacial score (nSPS) is 17.7. The van der Waals surface area contributed by atoms with E-state index in [1.807, 2.05) is 97.1 Å². The fourth-order valence-electron chi connectivity index (χ4n) is 5.33. The van der Waals surface area contributed by atoms with Crippen LogP contribution in [0.5, 0.6) is 0 Å². The van der Waals surface area contributed by atoms with Crippen LogP contribution in [0.1, 0.15) is 34.7 Å². The molecule has 0 aromatic heterocycles. The monoisotopic (exact) mass is 527 g/mol. The first-order chi connectivity index (χ1) is 18.9. The van der Waals surface area contributed by atoms with E-state index in [2.05, 4.69) is 0 Å². The zero-order valence-electron chi connectivity index (χ0n) is 21.2. The predicted molar refractivity (Wildman–Crippen MR) is 145 cm³/mol. The maximum atomic E-state index is 13.9. The number of alkyl halides is 3. The van der Waals surface area contributed by atoms with Crippen molar-refractivity contribution < 1.29 is 22.7 Å². The third-order valence-corrected chi connectivity index (χ3v) is 7.08. The Kier molecular flexibility index (Phi) is 7.66. The van der Waals surface area contributed by atoms with E-state index in [9.17, 15) is 18.0 Å². The molecule has 0 radical (unpaired) electrons. The second kappa shape index (κ2) is 11.3. The number of rotatable bonds is 7. The summed E-state index contributed by atoms with van der Waals surface area (Å²) in [6.07, 6.45) is -1.26. The third-order valence-electron chi connectivity index (χ3n) is 7.08. The van der Waals surface area contributed by atoms with E-state index in [1.54, 1.807) is 36.4 Å². The van der Waals surface area contributed by atoms with Gasteiger partial charge in [-0.3, -0.25) is 4.79 Å². The van der Waals surface area contributed by atoms with Crippen LogP contribution < -0.4 is 0 Å². The van der Waals surface area contributed by atoms with Gasteiger partial charge in [0.25, 0.3) is 0 Å². The number of halogens is 3. The number of carbonyl (C=O) groups excluding carboxylic acids is 1. The minimum absolute atomic E-state index is 0.152. The van der Waals surface area contributed by atoms with E-state index in [1.165, 1.54) is 0 Å². The van der Waals surface area contributed by atoms with Crippen LogP contribution >= 0.6 is 0 Å². The van der Waals surface area contributed by atoms with Gasteiger partial charge < -0.3 is 9.64 Å². The molecule has 4 aromatic carbocycles. The van der Waals surface area contributed by atoms with Crippen molar-refractivity contribution in [2.24, 2.45) is 0 Å². The Hall–Kier alpha value is -4.16. The summed E-state index contributed by atoms with van der Waals surface area (Å²) in [4.78, 5) is 13.8. The van der Waals surface area contributed by atoms with E-state index in [4.69, 9.17) is 4.74 Å². The quantitative estimate of drug-likeness (QED) is 0.185. The van der Waals surface area contributed by atoms with Gasteiger partial charge in [0.15, 0.2) is 0 Å². The van der Waals surface area contributed by atoms with Gasteiger partial charge in [0.1, 0.15) is 5.60 Å². The average Bonchev–Trinajstić information content (AvgIpc) is 2.98. The highest BCUT2D eigenvalue weighted by molar-refractivity contribution is 5.83. The first-order valence-corrected chi connectivity index (χ1v) is 12.8. The van der Waals surface area contributed by atoms with Crippen molar-refractivity contribution in [3.63, 3.8) is 0 Å². The van der Waals surface area contributed by atoms with Crippen LogP contribution in [0.4, 0.5) is 13.2 Å². The molecule has 1 aliphatic heterocycles. The van der Waals surface area contributed by atoms with Gasteiger partial charge in [-0.25, -0.2) is 0 Å². The first-order valence-electron chi connectivity index (χ1n) is 12.8. The van der Waals surface area contributed by atoms with Gasteiger partial charge in [-0.1, -0.05) is 133 Å². The maximum Gasteiger partial charge on any atom is 0.471 e. The molecule has 0 aliphatic carbocycles. The van der Waals surface area contributed by atoms with E-state index in [-0.39, 0.29) is 13.0 Å². The van der Waals surface area contributed by atoms with E-state index >= 15 is 0 Å². The van der Waals surface area contributed by atoms with E-state index in [0.717, 1.165) is 21.6 Å². The molecule has 2 unspecified atom stereocenters. The Bertz CT molecular complexity index is 1290. The Morgan fingerprint density at radius 1 is 0.718 bits per heavy atom. The molecule has 4 aromatic rings. The third kappa shape index (κ3) is 5.38. The molecule has 5 rings (SSSR count). The van der Waals surface area contributed by atoms with E-state index < -0.39 is 29.8 Å². The van der Waals surface area contributed by atoms with Crippen molar-refractivity contribution in [2.45, 2.75) is 30.3 Å². The summed E-state index contributed by atoms with van der Waals surface area (Å²) < 4.78 is 48.5. The van der Waals surface area contributed by atoms with Crippen LogP contribution in [0.3, 0.4) is 0 Å². The number of hydrogen-bond donors (Lipinski definition) is 0. The SMILES string of the molecule is O=C(N1C(COC(c2ccccc2)(c2ccccc2)c2ccccc2)C=CCC1c1ccccc1)C(F)(F)F. The topological polar surface area (TPSA) is 29.5 Å². The summed E-state index contributed by atoms with van der Waals surface area (Å²) >= 11 is 0. The summed E-state index contributed by atoms with van der Waals surface area (Å²) in [5.41, 5.74) is 2.01. The fourth-order valence-corrected chi connectivity index (χ4v) is 5.33. The lowest BCUT2D eigenvalue weighted by Crippen LogP contribution is -2.52. The Labute approximate surface area is 226 Å². The highest BCUT2D eigenvalue weighted by atomic mass is 19.4. The van der Waals surface area contributed by atoms with E-state index in [0.29, 0.717) is 5.56 Å². The largest absolute Gasteiger partial charge is 0.471 e. The zero-order chi connectivity index (χ0) is 27.3.